The maximum Gasteiger partial charge on any atom is 0.297 e. The molecule has 0 aromatic heterocycles. The van der Waals surface area contributed by atoms with Crippen LogP contribution in [0.5, 0.6) is 0 Å². The highest BCUT2D eigenvalue weighted by Gasteiger charge is 2.09. The molecule has 0 aromatic rings. The summed E-state index contributed by atoms with van der Waals surface area (Å²) in [6, 6.07) is 5.48. The summed E-state index contributed by atoms with van der Waals surface area (Å²) in [5, 5.41) is 0. The van der Waals surface area contributed by atoms with E-state index >= 15 is 0 Å². The summed E-state index contributed by atoms with van der Waals surface area (Å²) in [7, 11) is 0. The van der Waals surface area contributed by atoms with E-state index in [1.807, 2.05) is 0 Å². The van der Waals surface area contributed by atoms with Gasteiger partial charge in [-0.3, -0.25) is 5.73 Å². The third-order valence-corrected chi connectivity index (χ3v) is 1.22. The largest absolute Gasteiger partial charge is 0.297 e. The Bertz CT molecular complexity index is 208. The van der Waals surface area contributed by atoms with Gasteiger partial charge in [0.15, 0.2) is 0 Å². The Morgan fingerprint density at radius 1 is 1.09 bits per heavy atom. The Labute approximate surface area is 63.8 Å². The predicted molar refractivity (Wildman–Crippen MR) is 40.2 cm³/mol. The van der Waals surface area contributed by atoms with Crippen molar-refractivity contribution in [2.24, 2.45) is 5.73 Å². The van der Waals surface area contributed by atoms with Gasteiger partial charge in [-0.05, 0) is 11.1 Å². The number of benzene rings is 1. The molecule has 11 heavy (non-hydrogen) atoms. The van der Waals surface area contributed by atoms with E-state index in [0.29, 0.717) is 6.92 Å². The minimum Gasteiger partial charge on any atom is -0.272 e. The van der Waals surface area contributed by atoms with Crippen LogP contribution in [0.3, 0.4) is 0 Å². The Hall–Kier alpha value is -0.960. The van der Waals surface area contributed by atoms with Gasteiger partial charge in [-0.15, -0.1) is 0 Å². The van der Waals surface area contributed by atoms with Gasteiger partial charge in [-0.1, -0.05) is 24.3 Å². The lowest BCUT2D eigenvalue weighted by molar-refractivity contribution is 0.0295. The Kier molecular flexibility index (Phi) is 1.91. The number of nitrogens with two attached hydrogens (primary N) is 1. The van der Waals surface area contributed by atoms with Crippen LogP contribution >= 0.6 is 0 Å². The van der Waals surface area contributed by atoms with Crippen LogP contribution in [0.25, 0.3) is 11.1 Å². The summed E-state index contributed by atoms with van der Waals surface area (Å²) < 4.78 is 21.6. The summed E-state index contributed by atoms with van der Waals surface area (Å²) in [6.07, 6.45) is 0. The molecule has 0 saturated carbocycles. The van der Waals surface area contributed by atoms with Gasteiger partial charge in [-0.25, -0.2) is 0 Å². The number of hydrogen-bond acceptors (Lipinski definition) is 1. The molecule has 2 aliphatic carbocycles. The van der Waals surface area contributed by atoms with E-state index in [1.165, 1.54) is 11.1 Å². The van der Waals surface area contributed by atoms with Crippen molar-refractivity contribution in [2.45, 2.75) is 13.0 Å². The second-order valence-electron chi connectivity index (χ2n) is 2.53. The fourth-order valence-corrected chi connectivity index (χ4v) is 0.663. The van der Waals surface area contributed by atoms with Crippen molar-refractivity contribution in [3.05, 3.63) is 24.3 Å². The van der Waals surface area contributed by atoms with Crippen molar-refractivity contribution in [1.29, 1.82) is 0 Å². The van der Waals surface area contributed by atoms with Crippen LogP contribution in [0.15, 0.2) is 24.3 Å². The zero-order valence-corrected chi connectivity index (χ0v) is 6.14. The molecule has 2 aliphatic rings. The molecule has 2 N–H and O–H groups in total. The van der Waals surface area contributed by atoms with Gasteiger partial charge in [0.2, 0.25) is 0 Å². The molecule has 0 fully saturated rings. The topological polar surface area (TPSA) is 26.0 Å². The molecule has 1 nitrogen and oxygen atoms in total. The van der Waals surface area contributed by atoms with E-state index in [1.54, 1.807) is 0 Å². The van der Waals surface area contributed by atoms with Gasteiger partial charge in [0, 0.05) is 6.92 Å². The maximum atomic E-state index is 10.8. The van der Waals surface area contributed by atoms with E-state index in [0.717, 1.165) is 0 Å². The van der Waals surface area contributed by atoms with Crippen LogP contribution in [0, 0.1) is 0 Å². The van der Waals surface area contributed by atoms with Gasteiger partial charge in [0.25, 0.3) is 6.05 Å². The second kappa shape index (κ2) is 2.58. The fourth-order valence-electron chi connectivity index (χ4n) is 0.663. The third-order valence-electron chi connectivity index (χ3n) is 1.22. The van der Waals surface area contributed by atoms with E-state index < -0.39 is 6.05 Å². The molecule has 0 saturated heterocycles. The SMILES string of the molecule is CC(N)(F)F.c1cc2ccc1-2. The van der Waals surface area contributed by atoms with Gasteiger partial charge in [0.1, 0.15) is 0 Å². The van der Waals surface area contributed by atoms with Crippen molar-refractivity contribution < 1.29 is 8.78 Å². The van der Waals surface area contributed by atoms with E-state index in [-0.39, 0.29) is 0 Å². The second-order valence-corrected chi connectivity index (χ2v) is 2.53. The van der Waals surface area contributed by atoms with Crippen LogP contribution in [0.1, 0.15) is 6.92 Å². The van der Waals surface area contributed by atoms with Crippen molar-refractivity contribution >= 4 is 0 Å². The van der Waals surface area contributed by atoms with Gasteiger partial charge < -0.3 is 0 Å². The summed E-state index contributed by atoms with van der Waals surface area (Å²) in [5.74, 6) is 0. The third kappa shape index (κ3) is 2.63. The lowest BCUT2D eigenvalue weighted by Crippen LogP contribution is -2.22. The minimum atomic E-state index is -3.00. The highest BCUT2D eigenvalue weighted by atomic mass is 19.3. The average Bonchev–Trinajstić information content (AvgIpc) is 1.74. The molecule has 0 spiro atoms. The fraction of sp³-hybridized carbons (Fsp3) is 0.250. The smallest absolute Gasteiger partial charge is 0.272 e. The molecule has 60 valence electrons. The standard InChI is InChI=1S/C6H4.C2H5F2N/c1-2-6-4-3-5(1)6;1-2(3,4)5/h1-4H;5H2,1H3. The molecule has 0 aromatic carbocycles. The molecular weight excluding hydrogens is 148 g/mol. The molecule has 0 bridgehead atoms. The Balaban J connectivity index is 0.000000114. The zero-order valence-electron chi connectivity index (χ0n) is 6.14. The van der Waals surface area contributed by atoms with E-state index in [9.17, 15) is 8.78 Å². The summed E-state index contributed by atoms with van der Waals surface area (Å²) in [4.78, 5) is 0. The highest BCUT2D eigenvalue weighted by Crippen LogP contribution is 2.29. The molecular formula is C8H9F2N. The first-order chi connectivity index (χ1) is 4.97. The summed E-state index contributed by atoms with van der Waals surface area (Å²) in [5.41, 5.74) is 6.87. The average molecular weight is 157 g/mol. The maximum absolute atomic E-state index is 10.8. The summed E-state index contributed by atoms with van der Waals surface area (Å²) in [6.45, 7) is 0.632. The van der Waals surface area contributed by atoms with Crippen LogP contribution in [-0.4, -0.2) is 6.05 Å². The molecule has 3 heteroatoms. The quantitative estimate of drug-likeness (QED) is 0.583. The van der Waals surface area contributed by atoms with Crippen molar-refractivity contribution in [3.8, 4) is 11.1 Å². The van der Waals surface area contributed by atoms with Gasteiger partial charge in [-0.2, -0.15) is 8.78 Å². The molecule has 0 amide bonds. The molecule has 0 radical (unpaired) electrons. The van der Waals surface area contributed by atoms with E-state index in [4.69, 9.17) is 0 Å². The number of rotatable bonds is 0. The van der Waals surface area contributed by atoms with E-state index in [2.05, 4.69) is 30.0 Å². The first-order valence-corrected chi connectivity index (χ1v) is 3.24. The summed E-state index contributed by atoms with van der Waals surface area (Å²) >= 11 is 0. The number of alkyl halides is 2. The van der Waals surface area contributed by atoms with Crippen LogP contribution in [0.2, 0.25) is 0 Å². The van der Waals surface area contributed by atoms with Crippen molar-refractivity contribution in [1.82, 2.24) is 0 Å². The molecule has 0 atom stereocenters. The lowest BCUT2D eigenvalue weighted by atomic mass is 9.95. The Morgan fingerprint density at radius 2 is 1.27 bits per heavy atom. The van der Waals surface area contributed by atoms with Gasteiger partial charge in [0.05, 0.1) is 0 Å². The first kappa shape index (κ1) is 8.14. The van der Waals surface area contributed by atoms with Crippen molar-refractivity contribution in [3.63, 3.8) is 0 Å². The Morgan fingerprint density at radius 3 is 1.27 bits per heavy atom. The van der Waals surface area contributed by atoms with Crippen molar-refractivity contribution in [2.75, 3.05) is 0 Å². The van der Waals surface area contributed by atoms with Crippen LogP contribution in [-0.2, 0) is 0 Å². The first-order valence-electron chi connectivity index (χ1n) is 3.24. The molecule has 0 unspecified atom stereocenters. The number of hydrogen-bond donors (Lipinski definition) is 1. The number of halogens is 2. The van der Waals surface area contributed by atoms with Crippen LogP contribution in [0.4, 0.5) is 8.78 Å². The van der Waals surface area contributed by atoms with Gasteiger partial charge >= 0.3 is 0 Å². The lowest BCUT2D eigenvalue weighted by Gasteiger charge is -2.10. The molecule has 0 heterocycles. The highest BCUT2D eigenvalue weighted by molar-refractivity contribution is 5.75. The number of fused-ring (bicyclic) bond motifs is 1. The zero-order chi connectivity index (χ0) is 8.48. The minimum absolute atomic E-state index is 0.632. The molecule has 2 rings (SSSR count). The normalized spacial score (nSPS) is 11.6. The predicted octanol–water partition coefficient (Wildman–Crippen LogP) is 2.22. The van der Waals surface area contributed by atoms with Crippen LogP contribution < -0.4 is 5.73 Å². The molecule has 0 aliphatic heterocycles. The monoisotopic (exact) mass is 157 g/mol.